The summed E-state index contributed by atoms with van der Waals surface area (Å²) in [4.78, 5) is 11.8. The summed E-state index contributed by atoms with van der Waals surface area (Å²) in [7, 11) is 0. The highest BCUT2D eigenvalue weighted by molar-refractivity contribution is 5.73. The molecule has 0 heterocycles. The molecule has 1 aromatic rings. The van der Waals surface area contributed by atoms with Crippen molar-refractivity contribution in [2.45, 2.75) is 45.3 Å². The Balaban J connectivity index is 1.75. The lowest BCUT2D eigenvalue weighted by Crippen LogP contribution is -2.47. The molecule has 2 rings (SSSR count). The van der Waals surface area contributed by atoms with Crippen molar-refractivity contribution in [2.24, 2.45) is 5.41 Å². The number of halogens is 1. The Morgan fingerprint density at radius 2 is 2.05 bits per heavy atom. The minimum Gasteiger partial charge on any atom is -0.392 e. The van der Waals surface area contributed by atoms with E-state index in [1.807, 2.05) is 6.92 Å². The first-order valence-electron chi connectivity index (χ1n) is 7.44. The van der Waals surface area contributed by atoms with Crippen molar-refractivity contribution < 1.29 is 14.3 Å². The molecular weight excluding hydrogens is 271 g/mol. The van der Waals surface area contributed by atoms with Crippen LogP contribution in [-0.4, -0.2) is 23.8 Å². The largest absolute Gasteiger partial charge is 0.392 e. The van der Waals surface area contributed by atoms with Crippen LogP contribution >= 0.6 is 0 Å². The summed E-state index contributed by atoms with van der Waals surface area (Å²) in [6.07, 6.45) is 3.51. The van der Waals surface area contributed by atoms with Crippen LogP contribution in [0.3, 0.4) is 0 Å². The molecule has 2 amide bonds. The molecule has 0 aliphatic heterocycles. The fourth-order valence-corrected chi connectivity index (χ4v) is 2.72. The number of urea groups is 1. The number of aliphatic hydroxyl groups is 1. The number of carbonyl (C=O) groups is 1. The molecule has 2 atom stereocenters. The van der Waals surface area contributed by atoms with Gasteiger partial charge in [-0.2, -0.15) is 0 Å². The fraction of sp³-hybridized carbons (Fsp3) is 0.562. The Labute approximate surface area is 124 Å². The van der Waals surface area contributed by atoms with Crippen molar-refractivity contribution in [3.63, 3.8) is 0 Å². The van der Waals surface area contributed by atoms with E-state index < -0.39 is 0 Å². The van der Waals surface area contributed by atoms with Gasteiger partial charge in [-0.25, -0.2) is 9.18 Å². The van der Waals surface area contributed by atoms with Crippen LogP contribution in [0.4, 0.5) is 9.18 Å². The Morgan fingerprint density at radius 1 is 1.33 bits per heavy atom. The van der Waals surface area contributed by atoms with E-state index in [0.29, 0.717) is 13.1 Å². The molecule has 3 N–H and O–H groups in total. The second-order valence-corrected chi connectivity index (χ2v) is 6.08. The first-order chi connectivity index (χ1) is 9.99. The minimum absolute atomic E-state index is 0.245. The number of amides is 2. The van der Waals surface area contributed by atoms with E-state index in [1.54, 1.807) is 12.1 Å². The van der Waals surface area contributed by atoms with Crippen molar-refractivity contribution in [3.8, 4) is 0 Å². The van der Waals surface area contributed by atoms with Crippen molar-refractivity contribution in [3.05, 3.63) is 35.6 Å². The lowest BCUT2D eigenvalue weighted by Gasteiger charge is -2.38. The van der Waals surface area contributed by atoms with Gasteiger partial charge in [0.1, 0.15) is 5.82 Å². The molecule has 0 radical (unpaired) electrons. The second-order valence-electron chi connectivity index (χ2n) is 6.08. The highest BCUT2D eigenvalue weighted by Gasteiger charge is 2.35. The summed E-state index contributed by atoms with van der Waals surface area (Å²) in [5, 5.41) is 15.6. The van der Waals surface area contributed by atoms with Gasteiger partial charge in [-0.1, -0.05) is 31.9 Å². The molecule has 0 aromatic heterocycles. The molecule has 1 fully saturated rings. The van der Waals surface area contributed by atoms with Gasteiger partial charge in [0.15, 0.2) is 0 Å². The van der Waals surface area contributed by atoms with Crippen molar-refractivity contribution in [1.29, 1.82) is 0 Å². The number of benzene rings is 1. The molecule has 5 heteroatoms. The normalized spacial score (nSPS) is 25.4. The highest BCUT2D eigenvalue weighted by atomic mass is 19.1. The van der Waals surface area contributed by atoms with E-state index in [1.165, 1.54) is 12.1 Å². The topological polar surface area (TPSA) is 61.4 Å². The van der Waals surface area contributed by atoms with Gasteiger partial charge in [-0.3, -0.25) is 0 Å². The maximum atomic E-state index is 12.8. The predicted molar refractivity (Wildman–Crippen MR) is 79.2 cm³/mol. The van der Waals surface area contributed by atoms with Gasteiger partial charge < -0.3 is 15.7 Å². The van der Waals surface area contributed by atoms with Crippen molar-refractivity contribution in [1.82, 2.24) is 10.6 Å². The molecule has 0 bridgehead atoms. The molecular formula is C16H23FN2O2. The summed E-state index contributed by atoms with van der Waals surface area (Å²) >= 11 is 0. The molecule has 0 saturated heterocycles. The molecule has 1 saturated carbocycles. The first-order valence-corrected chi connectivity index (χ1v) is 7.44. The first kappa shape index (κ1) is 15.8. The molecule has 0 spiro atoms. The van der Waals surface area contributed by atoms with Crippen LogP contribution in [0.15, 0.2) is 24.3 Å². The van der Waals surface area contributed by atoms with E-state index in [-0.39, 0.29) is 23.4 Å². The monoisotopic (exact) mass is 294 g/mol. The van der Waals surface area contributed by atoms with E-state index in [0.717, 1.165) is 31.2 Å². The lowest BCUT2D eigenvalue weighted by atomic mass is 9.73. The Morgan fingerprint density at radius 3 is 2.71 bits per heavy atom. The third-order valence-corrected chi connectivity index (χ3v) is 4.30. The van der Waals surface area contributed by atoms with E-state index >= 15 is 0 Å². The fourth-order valence-electron chi connectivity index (χ4n) is 2.72. The number of nitrogens with one attached hydrogen (secondary N) is 2. The Bertz CT molecular complexity index is 478. The van der Waals surface area contributed by atoms with Gasteiger partial charge in [0.2, 0.25) is 0 Å². The molecule has 1 aliphatic rings. The van der Waals surface area contributed by atoms with E-state index in [4.69, 9.17) is 0 Å². The van der Waals surface area contributed by atoms with Crippen molar-refractivity contribution in [2.75, 3.05) is 6.54 Å². The van der Waals surface area contributed by atoms with Gasteiger partial charge in [-0.15, -0.1) is 0 Å². The quantitative estimate of drug-likeness (QED) is 0.799. The summed E-state index contributed by atoms with van der Waals surface area (Å²) in [5.74, 6) is -0.289. The lowest BCUT2D eigenvalue weighted by molar-refractivity contribution is 0.00309. The number of rotatable bonds is 4. The van der Waals surface area contributed by atoms with Crippen LogP contribution in [0.25, 0.3) is 0 Å². The standard InChI is InChI=1S/C16H23FN2O2/c1-16(9-3-2-4-14(16)20)11-19-15(21)18-10-12-5-7-13(17)8-6-12/h5-8,14,20H,2-4,9-11H2,1H3,(H2,18,19,21). The van der Waals surface area contributed by atoms with Crippen LogP contribution in [0.1, 0.15) is 38.2 Å². The third kappa shape index (κ3) is 4.43. The van der Waals surface area contributed by atoms with Crippen LogP contribution in [0.2, 0.25) is 0 Å². The maximum absolute atomic E-state index is 12.8. The molecule has 2 unspecified atom stereocenters. The van der Waals surface area contributed by atoms with Gasteiger partial charge in [0, 0.05) is 18.5 Å². The summed E-state index contributed by atoms with van der Waals surface area (Å²) < 4.78 is 12.8. The van der Waals surface area contributed by atoms with Gasteiger partial charge in [0.25, 0.3) is 0 Å². The van der Waals surface area contributed by atoms with E-state index in [9.17, 15) is 14.3 Å². The number of aliphatic hydroxyl groups excluding tert-OH is 1. The Hall–Kier alpha value is -1.62. The summed E-state index contributed by atoms with van der Waals surface area (Å²) in [5.41, 5.74) is 0.598. The maximum Gasteiger partial charge on any atom is 0.315 e. The summed E-state index contributed by atoms with van der Waals surface area (Å²) in [6, 6.07) is 5.75. The molecule has 4 nitrogen and oxygen atoms in total. The van der Waals surface area contributed by atoms with Crippen LogP contribution in [-0.2, 0) is 6.54 Å². The van der Waals surface area contributed by atoms with Crippen LogP contribution < -0.4 is 10.6 Å². The number of carbonyl (C=O) groups excluding carboxylic acids is 1. The number of hydrogen-bond donors (Lipinski definition) is 3. The average molecular weight is 294 g/mol. The zero-order valence-electron chi connectivity index (χ0n) is 12.4. The van der Waals surface area contributed by atoms with Crippen molar-refractivity contribution >= 4 is 6.03 Å². The van der Waals surface area contributed by atoms with Gasteiger partial charge >= 0.3 is 6.03 Å². The average Bonchev–Trinajstić information content (AvgIpc) is 2.48. The van der Waals surface area contributed by atoms with Crippen LogP contribution in [0.5, 0.6) is 0 Å². The van der Waals surface area contributed by atoms with Gasteiger partial charge in [-0.05, 0) is 30.5 Å². The second kappa shape index (κ2) is 6.89. The molecule has 116 valence electrons. The smallest absolute Gasteiger partial charge is 0.315 e. The van der Waals surface area contributed by atoms with Gasteiger partial charge in [0.05, 0.1) is 6.10 Å². The SMILES string of the molecule is CC1(CNC(=O)NCc2ccc(F)cc2)CCCCC1O. The third-order valence-electron chi connectivity index (χ3n) is 4.30. The Kier molecular flexibility index (Phi) is 5.17. The van der Waals surface area contributed by atoms with Crippen LogP contribution in [0, 0.1) is 11.2 Å². The zero-order chi connectivity index (χ0) is 15.3. The summed E-state index contributed by atoms with van der Waals surface area (Å²) in [6.45, 7) is 2.83. The molecule has 1 aliphatic carbocycles. The minimum atomic E-state index is -0.358. The molecule has 1 aromatic carbocycles. The number of hydrogen-bond acceptors (Lipinski definition) is 2. The van der Waals surface area contributed by atoms with E-state index in [2.05, 4.69) is 10.6 Å². The molecule has 21 heavy (non-hydrogen) atoms. The zero-order valence-corrected chi connectivity index (χ0v) is 12.4. The predicted octanol–water partition coefficient (Wildman–Crippen LogP) is 2.57. The highest BCUT2D eigenvalue weighted by Crippen LogP contribution is 2.35.